The summed E-state index contributed by atoms with van der Waals surface area (Å²) in [5.74, 6) is 0. The molecule has 5 nitrogen and oxygen atoms in total. The van der Waals surface area contributed by atoms with Crippen LogP contribution in [0.15, 0.2) is 17.3 Å². The van der Waals surface area contributed by atoms with Gasteiger partial charge in [-0.2, -0.15) is 0 Å². The SMILES string of the molecule is CCCC1(CNS(=O)(=O)c2cnc(Cl)nc2)CC1. The second kappa shape index (κ2) is 5.11. The van der Waals surface area contributed by atoms with E-state index in [1.807, 2.05) is 0 Å². The van der Waals surface area contributed by atoms with Crippen LogP contribution >= 0.6 is 11.6 Å². The van der Waals surface area contributed by atoms with E-state index in [1.165, 1.54) is 12.4 Å². The Hall–Kier alpha value is -0.720. The van der Waals surface area contributed by atoms with Gasteiger partial charge in [-0.3, -0.25) is 0 Å². The summed E-state index contributed by atoms with van der Waals surface area (Å²) in [6, 6.07) is 0. The molecule has 0 aliphatic heterocycles. The number of rotatable bonds is 6. The predicted octanol–water partition coefficient (Wildman–Crippen LogP) is 1.99. The molecule has 100 valence electrons. The summed E-state index contributed by atoms with van der Waals surface area (Å²) in [6.45, 7) is 2.60. The Morgan fingerprint density at radius 2 is 2.00 bits per heavy atom. The quantitative estimate of drug-likeness (QED) is 0.813. The van der Waals surface area contributed by atoms with Crippen LogP contribution < -0.4 is 4.72 Å². The number of hydrogen-bond donors (Lipinski definition) is 1. The van der Waals surface area contributed by atoms with Crippen LogP contribution in [0.4, 0.5) is 0 Å². The number of halogens is 1. The minimum Gasteiger partial charge on any atom is -0.225 e. The van der Waals surface area contributed by atoms with Gasteiger partial charge in [-0.25, -0.2) is 23.1 Å². The lowest BCUT2D eigenvalue weighted by atomic mass is 10.0. The van der Waals surface area contributed by atoms with Gasteiger partial charge in [0.1, 0.15) is 4.90 Å². The third kappa shape index (κ3) is 3.18. The van der Waals surface area contributed by atoms with Crippen LogP contribution in [0.5, 0.6) is 0 Å². The lowest BCUT2D eigenvalue weighted by molar-refractivity contribution is 0.449. The van der Waals surface area contributed by atoms with Crippen LogP contribution in [0, 0.1) is 5.41 Å². The molecule has 0 radical (unpaired) electrons. The summed E-state index contributed by atoms with van der Waals surface area (Å²) in [7, 11) is -3.52. The predicted molar refractivity (Wildman–Crippen MR) is 68.8 cm³/mol. The Bertz CT molecular complexity index is 512. The number of nitrogens with one attached hydrogen (secondary N) is 1. The standard InChI is InChI=1S/C11H16ClN3O2S/c1-2-3-11(4-5-11)8-15-18(16,17)9-6-13-10(12)14-7-9/h6-7,15H,2-5,8H2,1H3. The Kier molecular flexibility index (Phi) is 3.89. The van der Waals surface area contributed by atoms with Gasteiger partial charge in [-0.1, -0.05) is 13.3 Å². The highest BCUT2D eigenvalue weighted by atomic mass is 35.5. The normalized spacial score (nSPS) is 17.7. The first-order chi connectivity index (χ1) is 8.47. The number of nitrogens with zero attached hydrogens (tertiary/aromatic N) is 2. The minimum atomic E-state index is -3.52. The topological polar surface area (TPSA) is 72.0 Å². The molecule has 1 aromatic rings. The van der Waals surface area contributed by atoms with E-state index < -0.39 is 10.0 Å². The first kappa shape index (κ1) is 13.7. The maximum absolute atomic E-state index is 12.0. The average Bonchev–Trinajstić information content (AvgIpc) is 3.08. The molecule has 0 saturated heterocycles. The molecule has 0 aromatic carbocycles. The van der Waals surface area contributed by atoms with Crippen molar-refractivity contribution in [1.29, 1.82) is 0 Å². The van der Waals surface area contributed by atoms with Gasteiger partial charge in [0.15, 0.2) is 0 Å². The minimum absolute atomic E-state index is 0.0404. The molecule has 0 unspecified atom stereocenters. The van der Waals surface area contributed by atoms with Gasteiger partial charge >= 0.3 is 0 Å². The summed E-state index contributed by atoms with van der Waals surface area (Å²) in [5, 5.41) is 0.0404. The Labute approximate surface area is 112 Å². The third-order valence-electron chi connectivity index (χ3n) is 3.28. The molecular formula is C11H16ClN3O2S. The zero-order chi connectivity index (χ0) is 13.2. The van der Waals surface area contributed by atoms with E-state index >= 15 is 0 Å². The van der Waals surface area contributed by atoms with Crippen molar-refractivity contribution in [3.8, 4) is 0 Å². The lowest BCUT2D eigenvalue weighted by Gasteiger charge is -2.14. The third-order valence-corrected chi connectivity index (χ3v) is 4.83. The van der Waals surface area contributed by atoms with Gasteiger partial charge in [0.25, 0.3) is 0 Å². The highest BCUT2D eigenvalue weighted by Crippen LogP contribution is 2.49. The fourth-order valence-corrected chi connectivity index (χ4v) is 3.14. The van der Waals surface area contributed by atoms with Gasteiger partial charge in [-0.05, 0) is 36.3 Å². The van der Waals surface area contributed by atoms with Crippen molar-refractivity contribution in [2.45, 2.75) is 37.5 Å². The lowest BCUT2D eigenvalue weighted by Crippen LogP contribution is -2.30. The molecule has 1 heterocycles. The van der Waals surface area contributed by atoms with Gasteiger partial charge in [0.05, 0.1) is 12.4 Å². The molecule has 2 rings (SSSR count). The zero-order valence-corrected chi connectivity index (χ0v) is 11.8. The number of hydrogen-bond acceptors (Lipinski definition) is 4. The number of aromatic nitrogens is 2. The molecule has 1 saturated carbocycles. The smallest absolute Gasteiger partial charge is 0.225 e. The summed E-state index contributed by atoms with van der Waals surface area (Å²) in [5.41, 5.74) is 0.176. The van der Waals surface area contributed by atoms with Crippen molar-refractivity contribution in [1.82, 2.24) is 14.7 Å². The molecule has 1 aliphatic rings. The van der Waals surface area contributed by atoms with E-state index in [9.17, 15) is 8.42 Å². The van der Waals surface area contributed by atoms with Crippen molar-refractivity contribution in [2.75, 3.05) is 6.54 Å². The van der Waals surface area contributed by atoms with Crippen molar-refractivity contribution < 1.29 is 8.42 Å². The summed E-state index contributed by atoms with van der Waals surface area (Å²) >= 11 is 5.53. The highest BCUT2D eigenvalue weighted by Gasteiger charge is 2.42. The van der Waals surface area contributed by atoms with Gasteiger partial charge in [0, 0.05) is 6.54 Å². The molecule has 1 N–H and O–H groups in total. The summed E-state index contributed by atoms with van der Waals surface area (Å²) in [4.78, 5) is 7.41. The largest absolute Gasteiger partial charge is 0.243 e. The Balaban J connectivity index is 2.02. The van der Waals surface area contributed by atoms with Crippen LogP contribution in [0.1, 0.15) is 32.6 Å². The van der Waals surface area contributed by atoms with Crippen LogP contribution in [0.2, 0.25) is 5.28 Å². The second-order valence-electron chi connectivity index (χ2n) is 4.76. The second-order valence-corrected chi connectivity index (χ2v) is 6.87. The molecule has 0 amide bonds. The van der Waals surface area contributed by atoms with Gasteiger partial charge < -0.3 is 0 Å². The molecule has 1 aromatic heterocycles. The van der Waals surface area contributed by atoms with Crippen LogP contribution in [-0.2, 0) is 10.0 Å². The maximum Gasteiger partial charge on any atom is 0.243 e. The monoisotopic (exact) mass is 289 g/mol. The molecule has 18 heavy (non-hydrogen) atoms. The fraction of sp³-hybridized carbons (Fsp3) is 0.636. The first-order valence-electron chi connectivity index (χ1n) is 5.95. The molecule has 1 aliphatic carbocycles. The zero-order valence-electron chi connectivity index (χ0n) is 10.2. The van der Waals surface area contributed by atoms with Crippen molar-refractivity contribution in [3.63, 3.8) is 0 Å². The van der Waals surface area contributed by atoms with E-state index in [0.29, 0.717) is 6.54 Å². The molecule has 1 fully saturated rings. The molecule has 0 spiro atoms. The van der Waals surface area contributed by atoms with E-state index in [0.717, 1.165) is 25.7 Å². The molecule has 0 bridgehead atoms. The molecule has 0 atom stereocenters. The number of sulfonamides is 1. The first-order valence-corrected chi connectivity index (χ1v) is 7.81. The summed E-state index contributed by atoms with van der Waals surface area (Å²) in [6.07, 6.45) is 6.77. The van der Waals surface area contributed by atoms with Gasteiger partial charge in [0.2, 0.25) is 15.3 Å². The summed E-state index contributed by atoms with van der Waals surface area (Å²) < 4.78 is 26.6. The maximum atomic E-state index is 12.0. The van der Waals surface area contributed by atoms with E-state index in [2.05, 4.69) is 21.6 Å². The van der Waals surface area contributed by atoms with Crippen LogP contribution in [-0.4, -0.2) is 24.9 Å². The average molecular weight is 290 g/mol. The van der Waals surface area contributed by atoms with Crippen LogP contribution in [0.25, 0.3) is 0 Å². The molecule has 7 heteroatoms. The van der Waals surface area contributed by atoms with Crippen molar-refractivity contribution in [2.24, 2.45) is 5.41 Å². The van der Waals surface area contributed by atoms with Crippen LogP contribution in [0.3, 0.4) is 0 Å². The van der Waals surface area contributed by atoms with E-state index in [4.69, 9.17) is 11.6 Å². The Morgan fingerprint density at radius 3 is 2.50 bits per heavy atom. The highest BCUT2D eigenvalue weighted by molar-refractivity contribution is 7.89. The van der Waals surface area contributed by atoms with Crippen molar-refractivity contribution in [3.05, 3.63) is 17.7 Å². The van der Waals surface area contributed by atoms with E-state index in [-0.39, 0.29) is 15.6 Å². The molecular weight excluding hydrogens is 274 g/mol. The van der Waals surface area contributed by atoms with E-state index in [1.54, 1.807) is 0 Å². The van der Waals surface area contributed by atoms with Gasteiger partial charge in [-0.15, -0.1) is 0 Å². The Morgan fingerprint density at radius 1 is 1.39 bits per heavy atom. The fourth-order valence-electron chi connectivity index (χ4n) is 1.99. The van der Waals surface area contributed by atoms with Crippen molar-refractivity contribution >= 4 is 21.6 Å².